The van der Waals surface area contributed by atoms with Gasteiger partial charge in [-0.3, -0.25) is 5.32 Å². The van der Waals surface area contributed by atoms with Gasteiger partial charge in [-0.15, -0.1) is 11.3 Å². The molecule has 0 bridgehead atoms. The van der Waals surface area contributed by atoms with E-state index in [1.165, 1.54) is 16.9 Å². The van der Waals surface area contributed by atoms with Crippen LogP contribution in [0.15, 0.2) is 29.6 Å². The minimum Gasteiger partial charge on any atom is -0.320 e. The number of thiazole rings is 1. The van der Waals surface area contributed by atoms with Crippen LogP contribution in [0.1, 0.15) is 23.7 Å². The average molecular weight is 289 g/mol. The van der Waals surface area contributed by atoms with E-state index in [0.29, 0.717) is 18.2 Å². The molecule has 5 heteroatoms. The number of anilines is 1. The summed E-state index contributed by atoms with van der Waals surface area (Å²) in [7, 11) is 0. The Bertz CT molecular complexity index is 594. The second-order valence-corrected chi connectivity index (χ2v) is 5.59. The molecule has 0 saturated carbocycles. The molecule has 1 N–H and O–H groups in total. The lowest BCUT2D eigenvalue weighted by Gasteiger charge is -2.21. The summed E-state index contributed by atoms with van der Waals surface area (Å²) >= 11 is 1.44. The zero-order valence-electron chi connectivity index (χ0n) is 12.0. The van der Waals surface area contributed by atoms with Gasteiger partial charge in [-0.1, -0.05) is 29.8 Å². The fraction of sp³-hybridized carbons (Fsp3) is 0.333. The highest BCUT2D eigenvalue weighted by Crippen LogP contribution is 2.16. The molecule has 0 aliphatic carbocycles. The molecule has 0 radical (unpaired) electrons. The lowest BCUT2D eigenvalue weighted by molar-refractivity contribution is 0.212. The van der Waals surface area contributed by atoms with Crippen molar-refractivity contribution in [3.05, 3.63) is 46.5 Å². The third-order valence-electron chi connectivity index (χ3n) is 2.96. The summed E-state index contributed by atoms with van der Waals surface area (Å²) in [6.07, 6.45) is 0. The van der Waals surface area contributed by atoms with E-state index in [0.717, 1.165) is 11.3 Å². The third kappa shape index (κ3) is 3.81. The van der Waals surface area contributed by atoms with Gasteiger partial charge in [0.1, 0.15) is 0 Å². The van der Waals surface area contributed by atoms with Gasteiger partial charge in [0.2, 0.25) is 0 Å². The summed E-state index contributed by atoms with van der Waals surface area (Å²) in [5, 5.41) is 5.41. The van der Waals surface area contributed by atoms with E-state index in [4.69, 9.17) is 0 Å². The van der Waals surface area contributed by atoms with Crippen LogP contribution in [-0.2, 0) is 6.54 Å². The van der Waals surface area contributed by atoms with Gasteiger partial charge in [0, 0.05) is 18.5 Å². The highest BCUT2D eigenvalue weighted by atomic mass is 32.1. The van der Waals surface area contributed by atoms with Crippen molar-refractivity contribution in [2.75, 3.05) is 11.9 Å². The van der Waals surface area contributed by atoms with Crippen molar-refractivity contribution in [1.82, 2.24) is 9.88 Å². The van der Waals surface area contributed by atoms with Crippen molar-refractivity contribution < 1.29 is 4.79 Å². The number of carbonyl (C=O) groups excluding carboxylic acids is 1. The summed E-state index contributed by atoms with van der Waals surface area (Å²) in [5.74, 6) is 0. The normalized spacial score (nSPS) is 10.3. The van der Waals surface area contributed by atoms with Crippen molar-refractivity contribution >= 4 is 22.5 Å². The number of nitrogens with zero attached hydrogens (tertiary/aromatic N) is 2. The predicted octanol–water partition coefficient (Wildman–Crippen LogP) is 3.81. The Kier molecular flexibility index (Phi) is 4.74. The molecule has 0 unspecified atom stereocenters. The first-order valence-corrected chi connectivity index (χ1v) is 7.50. The monoisotopic (exact) mass is 289 g/mol. The molecule has 0 aliphatic heterocycles. The average Bonchev–Trinajstić information content (AvgIpc) is 2.81. The Labute approximate surface area is 123 Å². The van der Waals surface area contributed by atoms with Crippen LogP contribution in [0.25, 0.3) is 0 Å². The molecule has 2 aromatic rings. The topological polar surface area (TPSA) is 45.2 Å². The van der Waals surface area contributed by atoms with E-state index in [1.807, 2.05) is 31.4 Å². The fourth-order valence-electron chi connectivity index (χ4n) is 1.94. The number of hydrogen-bond donors (Lipinski definition) is 1. The summed E-state index contributed by atoms with van der Waals surface area (Å²) < 4.78 is 0. The Morgan fingerprint density at radius 1 is 1.40 bits per heavy atom. The van der Waals surface area contributed by atoms with Crippen LogP contribution in [0.4, 0.5) is 9.93 Å². The van der Waals surface area contributed by atoms with Gasteiger partial charge in [0.15, 0.2) is 5.13 Å². The molecule has 4 nitrogen and oxygen atoms in total. The van der Waals surface area contributed by atoms with Crippen molar-refractivity contribution in [1.29, 1.82) is 0 Å². The van der Waals surface area contributed by atoms with Gasteiger partial charge in [0.05, 0.1) is 5.69 Å². The van der Waals surface area contributed by atoms with E-state index < -0.39 is 0 Å². The minimum atomic E-state index is -0.108. The van der Waals surface area contributed by atoms with Crippen LogP contribution in [0.2, 0.25) is 0 Å². The maximum Gasteiger partial charge on any atom is 0.323 e. The number of aromatic nitrogens is 1. The van der Waals surface area contributed by atoms with Gasteiger partial charge in [0.25, 0.3) is 0 Å². The Morgan fingerprint density at radius 2 is 2.20 bits per heavy atom. The molecule has 20 heavy (non-hydrogen) atoms. The summed E-state index contributed by atoms with van der Waals surface area (Å²) in [4.78, 5) is 18.2. The van der Waals surface area contributed by atoms with E-state index in [1.54, 1.807) is 4.90 Å². The molecule has 0 atom stereocenters. The van der Waals surface area contributed by atoms with E-state index >= 15 is 0 Å². The second-order valence-electron chi connectivity index (χ2n) is 4.73. The van der Waals surface area contributed by atoms with Crippen LogP contribution in [0, 0.1) is 13.8 Å². The quantitative estimate of drug-likeness (QED) is 0.930. The SMILES string of the molecule is CCN(Cc1cccc(C)c1)C(=O)Nc1nc(C)cs1. The van der Waals surface area contributed by atoms with Gasteiger partial charge >= 0.3 is 6.03 Å². The first-order valence-electron chi connectivity index (χ1n) is 6.62. The zero-order chi connectivity index (χ0) is 14.5. The van der Waals surface area contributed by atoms with Crippen molar-refractivity contribution in [2.24, 2.45) is 0 Å². The van der Waals surface area contributed by atoms with E-state index in [2.05, 4.69) is 29.4 Å². The van der Waals surface area contributed by atoms with Crippen LogP contribution < -0.4 is 5.32 Å². The van der Waals surface area contributed by atoms with Gasteiger partial charge in [-0.25, -0.2) is 9.78 Å². The molecule has 0 spiro atoms. The molecule has 0 fully saturated rings. The van der Waals surface area contributed by atoms with Gasteiger partial charge in [-0.05, 0) is 26.3 Å². The maximum absolute atomic E-state index is 12.2. The standard InChI is InChI=1S/C15H19N3OS/c1-4-18(9-13-7-5-6-11(2)8-13)15(19)17-14-16-12(3)10-20-14/h5-8,10H,4,9H2,1-3H3,(H,16,17,19). The zero-order valence-corrected chi connectivity index (χ0v) is 12.8. The smallest absolute Gasteiger partial charge is 0.320 e. The first kappa shape index (κ1) is 14.5. The molecule has 2 rings (SSSR count). The molecular formula is C15H19N3OS. The maximum atomic E-state index is 12.2. The minimum absolute atomic E-state index is 0.108. The number of rotatable bonds is 4. The largest absolute Gasteiger partial charge is 0.323 e. The van der Waals surface area contributed by atoms with Crippen LogP contribution in [0.3, 0.4) is 0 Å². The number of carbonyl (C=O) groups is 1. The molecule has 1 aromatic carbocycles. The molecular weight excluding hydrogens is 270 g/mol. The van der Waals surface area contributed by atoms with Crippen LogP contribution >= 0.6 is 11.3 Å². The van der Waals surface area contributed by atoms with Crippen LogP contribution in [-0.4, -0.2) is 22.5 Å². The van der Waals surface area contributed by atoms with E-state index in [-0.39, 0.29) is 6.03 Å². The van der Waals surface area contributed by atoms with Crippen LogP contribution in [0.5, 0.6) is 0 Å². The number of urea groups is 1. The van der Waals surface area contributed by atoms with Gasteiger partial charge in [-0.2, -0.15) is 0 Å². The molecule has 2 amide bonds. The molecule has 106 valence electrons. The van der Waals surface area contributed by atoms with E-state index in [9.17, 15) is 4.79 Å². The fourth-order valence-corrected chi connectivity index (χ4v) is 2.62. The Balaban J connectivity index is 2.02. The molecule has 0 saturated heterocycles. The molecule has 1 heterocycles. The van der Waals surface area contributed by atoms with Crippen molar-refractivity contribution in [2.45, 2.75) is 27.3 Å². The first-order chi connectivity index (χ1) is 9.58. The number of benzene rings is 1. The Morgan fingerprint density at radius 3 is 2.80 bits per heavy atom. The number of aryl methyl sites for hydroxylation is 2. The highest BCUT2D eigenvalue weighted by molar-refractivity contribution is 7.13. The molecule has 0 aliphatic rings. The highest BCUT2D eigenvalue weighted by Gasteiger charge is 2.13. The third-order valence-corrected chi connectivity index (χ3v) is 3.83. The Hall–Kier alpha value is -1.88. The predicted molar refractivity (Wildman–Crippen MR) is 83.1 cm³/mol. The van der Waals surface area contributed by atoms with Gasteiger partial charge < -0.3 is 4.90 Å². The lowest BCUT2D eigenvalue weighted by Crippen LogP contribution is -2.34. The number of nitrogens with one attached hydrogen (secondary N) is 1. The summed E-state index contributed by atoms with van der Waals surface area (Å²) in [5.41, 5.74) is 3.26. The van der Waals surface area contributed by atoms with Crippen molar-refractivity contribution in [3.8, 4) is 0 Å². The van der Waals surface area contributed by atoms with Crippen molar-refractivity contribution in [3.63, 3.8) is 0 Å². The summed E-state index contributed by atoms with van der Waals surface area (Å²) in [6, 6.07) is 8.10. The number of hydrogen-bond acceptors (Lipinski definition) is 3. The summed E-state index contributed by atoms with van der Waals surface area (Å²) in [6.45, 7) is 7.20. The molecule has 1 aromatic heterocycles. The number of amides is 2. The second kappa shape index (κ2) is 6.52. The lowest BCUT2D eigenvalue weighted by atomic mass is 10.1.